The Labute approximate surface area is 181 Å². The van der Waals surface area contributed by atoms with Crippen LogP contribution >= 0.6 is 11.6 Å². The topological polar surface area (TPSA) is 158 Å². The van der Waals surface area contributed by atoms with Crippen molar-refractivity contribution in [3.05, 3.63) is 44.7 Å². The Morgan fingerprint density at radius 3 is 2.35 bits per heavy atom. The van der Waals surface area contributed by atoms with Crippen LogP contribution < -0.4 is 5.73 Å². The molecular weight excluding hydrogens is 426 g/mol. The number of rotatable bonds is 1. The first-order valence-corrected chi connectivity index (χ1v) is 9.91. The highest BCUT2D eigenvalue weighted by atomic mass is 35.5. The third-order valence-corrected chi connectivity index (χ3v) is 6.81. The molecule has 3 atom stereocenters. The molecule has 4 rings (SSSR count). The van der Waals surface area contributed by atoms with E-state index in [4.69, 9.17) is 17.3 Å². The number of nitrogens with two attached hydrogens (primary N) is 1. The summed E-state index contributed by atoms with van der Waals surface area (Å²) >= 11 is 6.36. The molecule has 2 unspecified atom stereocenters. The number of aliphatic hydroxyl groups excluding tert-OH is 1. The first kappa shape index (κ1) is 21.3. The maximum Gasteiger partial charge on any atom is 0.206 e. The third-order valence-electron chi connectivity index (χ3n) is 6.51. The average Bonchev–Trinajstić information content (AvgIpc) is 2.68. The molecular formula is C22H20ClNO7. The molecule has 6 N–H and O–H groups in total. The van der Waals surface area contributed by atoms with E-state index >= 15 is 0 Å². The van der Waals surface area contributed by atoms with E-state index in [1.807, 2.05) is 0 Å². The van der Waals surface area contributed by atoms with Crippen LogP contribution in [-0.4, -0.2) is 49.4 Å². The van der Waals surface area contributed by atoms with E-state index in [2.05, 4.69) is 0 Å². The maximum absolute atomic E-state index is 13.5. The summed E-state index contributed by atoms with van der Waals surface area (Å²) in [6.07, 6.45) is -0.153. The van der Waals surface area contributed by atoms with Crippen LogP contribution in [0.2, 0.25) is 5.02 Å². The van der Waals surface area contributed by atoms with Crippen molar-refractivity contribution in [3.63, 3.8) is 0 Å². The first-order valence-electron chi connectivity index (χ1n) is 9.53. The Morgan fingerprint density at radius 2 is 1.77 bits per heavy atom. The number of phenols is 2. The van der Waals surface area contributed by atoms with Gasteiger partial charge in [-0.1, -0.05) is 11.6 Å². The summed E-state index contributed by atoms with van der Waals surface area (Å²) in [5, 5.41) is 44.0. The predicted octanol–water partition coefficient (Wildman–Crippen LogP) is 1.92. The molecule has 0 amide bonds. The number of carbonyl (C=O) groups excluding carboxylic acids is 3. The van der Waals surface area contributed by atoms with Gasteiger partial charge in [0.25, 0.3) is 0 Å². The quantitative estimate of drug-likeness (QED) is 0.416. The van der Waals surface area contributed by atoms with Gasteiger partial charge in [-0.3, -0.25) is 14.4 Å². The van der Waals surface area contributed by atoms with Crippen molar-refractivity contribution in [2.45, 2.75) is 38.8 Å². The lowest BCUT2D eigenvalue weighted by Gasteiger charge is -2.45. The summed E-state index contributed by atoms with van der Waals surface area (Å²) in [6.45, 7) is 4.21. The van der Waals surface area contributed by atoms with Crippen LogP contribution in [0, 0.1) is 19.8 Å². The second kappa shape index (κ2) is 6.53. The molecule has 2 aliphatic carbocycles. The summed E-state index contributed by atoms with van der Waals surface area (Å²) in [4.78, 5) is 38.0. The molecule has 0 saturated heterocycles. The third kappa shape index (κ3) is 2.46. The second-order valence-electron chi connectivity index (χ2n) is 8.18. The van der Waals surface area contributed by atoms with Gasteiger partial charge in [-0.25, -0.2) is 0 Å². The predicted molar refractivity (Wildman–Crippen MR) is 112 cm³/mol. The van der Waals surface area contributed by atoms with Gasteiger partial charge in [-0.05, 0) is 49.9 Å². The van der Waals surface area contributed by atoms with E-state index in [0.717, 1.165) is 6.92 Å². The van der Waals surface area contributed by atoms with Crippen molar-refractivity contribution in [2.75, 3.05) is 0 Å². The largest absolute Gasteiger partial charge is 0.508 e. The summed E-state index contributed by atoms with van der Waals surface area (Å²) in [6, 6.07) is 0.0823. The molecule has 0 aliphatic heterocycles. The zero-order chi connectivity index (χ0) is 23.2. The molecule has 0 aromatic heterocycles. The lowest BCUT2D eigenvalue weighted by atomic mass is 9.61. The second-order valence-corrected chi connectivity index (χ2v) is 8.58. The normalized spacial score (nSPS) is 25.6. The summed E-state index contributed by atoms with van der Waals surface area (Å²) < 4.78 is 0. The zero-order valence-corrected chi connectivity index (χ0v) is 17.7. The molecule has 162 valence electrons. The lowest BCUT2D eigenvalue weighted by molar-refractivity contribution is -0.127. The van der Waals surface area contributed by atoms with Gasteiger partial charge in [-0.2, -0.15) is 0 Å². The summed E-state index contributed by atoms with van der Waals surface area (Å²) in [5.41, 5.74) is 3.39. The smallest absolute Gasteiger partial charge is 0.206 e. The molecule has 2 aromatic rings. The highest BCUT2D eigenvalue weighted by molar-refractivity contribution is 6.37. The molecule has 0 saturated carbocycles. The van der Waals surface area contributed by atoms with Gasteiger partial charge in [0.2, 0.25) is 5.78 Å². The number of aryl methyl sites for hydroxylation is 2. The summed E-state index contributed by atoms with van der Waals surface area (Å²) in [7, 11) is 0. The molecule has 9 heteroatoms. The number of ketones is 3. The molecule has 0 heterocycles. The molecule has 31 heavy (non-hydrogen) atoms. The van der Waals surface area contributed by atoms with Crippen LogP contribution in [0.3, 0.4) is 0 Å². The Morgan fingerprint density at radius 1 is 1.16 bits per heavy atom. The van der Waals surface area contributed by atoms with Crippen LogP contribution in [0.25, 0.3) is 10.8 Å². The number of hydrogen-bond acceptors (Lipinski definition) is 8. The van der Waals surface area contributed by atoms with Crippen molar-refractivity contribution in [1.82, 2.24) is 0 Å². The van der Waals surface area contributed by atoms with Crippen molar-refractivity contribution >= 4 is 39.7 Å². The number of halogens is 1. The van der Waals surface area contributed by atoms with Gasteiger partial charge in [0.15, 0.2) is 17.2 Å². The molecule has 0 radical (unpaired) electrons. The molecule has 0 spiro atoms. The van der Waals surface area contributed by atoms with Crippen LogP contribution in [0.1, 0.15) is 34.0 Å². The van der Waals surface area contributed by atoms with E-state index in [0.29, 0.717) is 16.5 Å². The fraction of sp³-hybridized carbons (Fsp3) is 0.318. The van der Waals surface area contributed by atoms with Crippen LogP contribution in [0.15, 0.2) is 17.4 Å². The maximum atomic E-state index is 13.5. The Hall–Kier alpha value is -2.94. The molecule has 0 fully saturated rings. The number of carbonyl (C=O) groups is 3. The number of aromatic hydroxyl groups is 2. The van der Waals surface area contributed by atoms with E-state index in [-0.39, 0.29) is 33.7 Å². The molecule has 8 nitrogen and oxygen atoms in total. The van der Waals surface area contributed by atoms with Gasteiger partial charge in [0.05, 0.1) is 17.0 Å². The fourth-order valence-electron chi connectivity index (χ4n) is 4.86. The van der Waals surface area contributed by atoms with E-state index in [1.165, 1.54) is 6.07 Å². The molecule has 2 aliphatic rings. The first-order chi connectivity index (χ1) is 14.3. The number of aliphatic hydroxyl groups is 2. The average molecular weight is 446 g/mol. The van der Waals surface area contributed by atoms with Crippen molar-refractivity contribution in [3.8, 4) is 11.5 Å². The van der Waals surface area contributed by atoms with Crippen LogP contribution in [0.4, 0.5) is 0 Å². The van der Waals surface area contributed by atoms with Gasteiger partial charge >= 0.3 is 0 Å². The van der Waals surface area contributed by atoms with Gasteiger partial charge in [0, 0.05) is 16.3 Å². The molecule has 0 bridgehead atoms. The minimum atomic E-state index is -2.68. The number of phenolic OH excluding ortho intramolecular Hbond substituents is 2. The summed E-state index contributed by atoms with van der Waals surface area (Å²) in [5.74, 6) is -6.07. The minimum Gasteiger partial charge on any atom is -0.508 e. The lowest BCUT2D eigenvalue weighted by Crippen LogP contribution is -2.63. The Bertz CT molecular complexity index is 1280. The van der Waals surface area contributed by atoms with E-state index in [9.17, 15) is 34.8 Å². The highest BCUT2D eigenvalue weighted by Crippen LogP contribution is 2.51. The van der Waals surface area contributed by atoms with Gasteiger partial charge in [0.1, 0.15) is 22.8 Å². The van der Waals surface area contributed by atoms with Crippen LogP contribution in [-0.2, 0) is 16.0 Å². The zero-order valence-electron chi connectivity index (χ0n) is 16.9. The van der Waals surface area contributed by atoms with Crippen molar-refractivity contribution in [1.29, 1.82) is 0 Å². The minimum absolute atomic E-state index is 0.0666. The van der Waals surface area contributed by atoms with Crippen LogP contribution in [0.5, 0.6) is 11.5 Å². The monoisotopic (exact) mass is 445 g/mol. The van der Waals surface area contributed by atoms with Gasteiger partial charge in [-0.15, -0.1) is 0 Å². The Kier molecular flexibility index (Phi) is 4.48. The standard InChI is InChI=1S/C22H20ClNO7/c1-6-4-11(23)12-7(2)9-5-10-16(24)19(28)13(8(3)25)20(29)22(10,31)21(30)14(9)18(27)15(12)17(6)26/h4,10,16,26-27,29,31H,5,24H2,1-3H3/t10?,16-,22?/m1/s1. The number of fused-ring (bicyclic) bond motifs is 3. The highest BCUT2D eigenvalue weighted by Gasteiger charge is 2.61. The molecule has 2 aromatic carbocycles. The number of benzene rings is 2. The van der Waals surface area contributed by atoms with Crippen molar-refractivity contribution < 1.29 is 34.8 Å². The van der Waals surface area contributed by atoms with Gasteiger partial charge < -0.3 is 26.2 Å². The Balaban J connectivity index is 2.14. The fourth-order valence-corrected chi connectivity index (χ4v) is 5.26. The van der Waals surface area contributed by atoms with Crippen molar-refractivity contribution in [2.24, 2.45) is 11.7 Å². The number of Topliss-reactive ketones (excluding diaryl/α,β-unsaturated/α-hetero) is 3. The van der Waals surface area contributed by atoms with E-state index < -0.39 is 52.0 Å². The SMILES string of the molecule is CC(=O)C1=C(O)C2(O)C(=O)c3c(c(C)c4c(Cl)cc(C)c(O)c4c3O)CC2[C@@H](N)C1=O. The van der Waals surface area contributed by atoms with E-state index in [1.54, 1.807) is 13.8 Å². The number of hydrogen-bond donors (Lipinski definition) is 5.